The molecule has 1 fully saturated rings. The van der Waals surface area contributed by atoms with Crippen molar-refractivity contribution in [2.45, 2.75) is 43.7 Å². The molecular formula is C18H27FN2O. The predicted molar refractivity (Wildman–Crippen MR) is 86.6 cm³/mol. The molecule has 0 spiro atoms. The first-order valence-corrected chi connectivity index (χ1v) is 8.38. The van der Waals surface area contributed by atoms with Crippen molar-refractivity contribution < 1.29 is 9.13 Å². The average molecular weight is 306 g/mol. The van der Waals surface area contributed by atoms with Crippen LogP contribution in [0.2, 0.25) is 0 Å². The second-order valence-corrected chi connectivity index (χ2v) is 6.90. The van der Waals surface area contributed by atoms with Gasteiger partial charge in [0.05, 0.1) is 0 Å². The zero-order valence-electron chi connectivity index (χ0n) is 13.7. The average Bonchev–Trinajstić information content (AvgIpc) is 2.53. The molecule has 1 aromatic rings. The monoisotopic (exact) mass is 306 g/mol. The van der Waals surface area contributed by atoms with Crippen molar-refractivity contribution in [2.75, 3.05) is 33.9 Å². The van der Waals surface area contributed by atoms with Crippen LogP contribution in [0.5, 0.6) is 0 Å². The summed E-state index contributed by atoms with van der Waals surface area (Å²) in [5, 5.41) is 3.77. The molecule has 22 heavy (non-hydrogen) atoms. The Morgan fingerprint density at radius 1 is 1.32 bits per heavy atom. The summed E-state index contributed by atoms with van der Waals surface area (Å²) in [5.74, 6) is -0.117. The Hall–Kier alpha value is -0.970. The molecule has 3 rings (SSSR count). The van der Waals surface area contributed by atoms with Crippen molar-refractivity contribution in [3.05, 3.63) is 35.1 Å². The molecule has 4 heteroatoms. The van der Waals surface area contributed by atoms with E-state index in [-0.39, 0.29) is 11.4 Å². The lowest BCUT2D eigenvalue weighted by Gasteiger charge is -2.44. The minimum absolute atomic E-state index is 0.117. The van der Waals surface area contributed by atoms with Crippen LogP contribution in [0.3, 0.4) is 0 Å². The van der Waals surface area contributed by atoms with Crippen LogP contribution in [0, 0.1) is 5.82 Å². The first-order chi connectivity index (χ1) is 10.6. The van der Waals surface area contributed by atoms with Crippen molar-refractivity contribution in [1.29, 1.82) is 0 Å². The summed E-state index contributed by atoms with van der Waals surface area (Å²) in [5.41, 5.74) is 2.64. The van der Waals surface area contributed by atoms with Gasteiger partial charge in [-0.25, -0.2) is 4.39 Å². The molecule has 1 N–H and O–H groups in total. The van der Waals surface area contributed by atoms with E-state index in [0.717, 1.165) is 51.9 Å². The maximum Gasteiger partial charge on any atom is 0.123 e. The van der Waals surface area contributed by atoms with E-state index in [1.165, 1.54) is 11.1 Å². The third kappa shape index (κ3) is 3.19. The van der Waals surface area contributed by atoms with E-state index in [0.29, 0.717) is 6.04 Å². The van der Waals surface area contributed by atoms with Gasteiger partial charge in [0.15, 0.2) is 0 Å². The highest BCUT2D eigenvalue weighted by Gasteiger charge is 2.35. The highest BCUT2D eigenvalue weighted by atomic mass is 19.1. The third-order valence-electron chi connectivity index (χ3n) is 5.47. The van der Waals surface area contributed by atoms with Crippen molar-refractivity contribution >= 4 is 0 Å². The molecule has 0 bridgehead atoms. The number of nitrogens with zero attached hydrogens (tertiary/aromatic N) is 1. The fourth-order valence-corrected chi connectivity index (χ4v) is 3.84. The maximum atomic E-state index is 13.4. The molecule has 3 nitrogen and oxygen atoms in total. The number of aryl methyl sites for hydroxylation is 1. The summed E-state index contributed by atoms with van der Waals surface area (Å²) in [6.45, 7) is 2.64. The highest BCUT2D eigenvalue weighted by molar-refractivity contribution is 5.32. The quantitative estimate of drug-likeness (QED) is 0.926. The summed E-state index contributed by atoms with van der Waals surface area (Å²) >= 11 is 0. The van der Waals surface area contributed by atoms with Gasteiger partial charge in [0, 0.05) is 31.3 Å². The van der Waals surface area contributed by atoms with Gasteiger partial charge in [0.2, 0.25) is 0 Å². The first kappa shape index (κ1) is 15.9. The second-order valence-electron chi connectivity index (χ2n) is 6.90. The lowest BCUT2D eigenvalue weighted by Crippen LogP contribution is -2.55. The Balaban J connectivity index is 1.71. The SMILES string of the molecule is CN(C)C1(CN[C@@H]2CCCc3cc(F)ccc32)CCOCC1. The molecule has 0 amide bonds. The van der Waals surface area contributed by atoms with Crippen LogP contribution in [-0.4, -0.2) is 44.3 Å². The van der Waals surface area contributed by atoms with Crippen molar-refractivity contribution in [1.82, 2.24) is 10.2 Å². The molecule has 1 atom stereocenters. The number of rotatable bonds is 4. The fraction of sp³-hybridized carbons (Fsp3) is 0.667. The van der Waals surface area contributed by atoms with E-state index in [2.05, 4.69) is 24.3 Å². The van der Waals surface area contributed by atoms with Gasteiger partial charge < -0.3 is 15.0 Å². The van der Waals surface area contributed by atoms with E-state index in [4.69, 9.17) is 4.74 Å². The number of hydrogen-bond donors (Lipinski definition) is 1. The number of fused-ring (bicyclic) bond motifs is 1. The summed E-state index contributed by atoms with van der Waals surface area (Å²) in [6, 6.07) is 5.62. The summed E-state index contributed by atoms with van der Waals surface area (Å²) < 4.78 is 19.0. The molecule has 1 aliphatic carbocycles. The standard InChI is InChI=1S/C18H27FN2O/c1-21(2)18(8-10-22-11-9-18)13-20-17-5-3-4-14-12-15(19)6-7-16(14)17/h6-7,12,17,20H,3-5,8-11,13H2,1-2H3/t17-/m1/s1. The van der Waals surface area contributed by atoms with E-state index >= 15 is 0 Å². The smallest absolute Gasteiger partial charge is 0.123 e. The Labute approximate surface area is 132 Å². The fourth-order valence-electron chi connectivity index (χ4n) is 3.84. The molecule has 1 saturated heterocycles. The Kier molecular flexibility index (Phi) is 4.81. The second kappa shape index (κ2) is 6.65. The van der Waals surface area contributed by atoms with Crippen LogP contribution >= 0.6 is 0 Å². The van der Waals surface area contributed by atoms with E-state index in [1.807, 2.05) is 6.07 Å². The van der Waals surface area contributed by atoms with Gasteiger partial charge in [-0.05, 0) is 69.5 Å². The van der Waals surface area contributed by atoms with Gasteiger partial charge in [0.25, 0.3) is 0 Å². The summed E-state index contributed by atoms with van der Waals surface area (Å²) in [4.78, 5) is 2.34. The Morgan fingerprint density at radius 3 is 2.82 bits per heavy atom. The minimum Gasteiger partial charge on any atom is -0.381 e. The van der Waals surface area contributed by atoms with Crippen LogP contribution in [0.1, 0.15) is 42.9 Å². The number of benzene rings is 1. The minimum atomic E-state index is -0.117. The number of ether oxygens (including phenoxy) is 1. The molecule has 2 aliphatic rings. The van der Waals surface area contributed by atoms with Crippen molar-refractivity contribution in [2.24, 2.45) is 0 Å². The lowest BCUT2D eigenvalue weighted by atomic mass is 9.85. The van der Waals surface area contributed by atoms with Gasteiger partial charge in [0.1, 0.15) is 5.82 Å². The molecular weight excluding hydrogens is 279 g/mol. The van der Waals surface area contributed by atoms with Crippen LogP contribution in [0.25, 0.3) is 0 Å². The zero-order chi connectivity index (χ0) is 15.6. The molecule has 0 radical (unpaired) electrons. The maximum absolute atomic E-state index is 13.4. The van der Waals surface area contributed by atoms with Gasteiger partial charge >= 0.3 is 0 Å². The van der Waals surface area contributed by atoms with Gasteiger partial charge in [-0.2, -0.15) is 0 Å². The number of likely N-dealkylation sites (N-methyl/N-ethyl adjacent to an activating group) is 1. The first-order valence-electron chi connectivity index (χ1n) is 8.38. The largest absolute Gasteiger partial charge is 0.381 e. The van der Waals surface area contributed by atoms with Crippen LogP contribution in [0.15, 0.2) is 18.2 Å². The molecule has 1 aromatic carbocycles. The number of nitrogens with one attached hydrogen (secondary N) is 1. The topological polar surface area (TPSA) is 24.5 Å². The lowest BCUT2D eigenvalue weighted by molar-refractivity contribution is -0.00853. The van der Waals surface area contributed by atoms with Gasteiger partial charge in [-0.1, -0.05) is 6.07 Å². The molecule has 1 aliphatic heterocycles. The molecule has 0 aromatic heterocycles. The van der Waals surface area contributed by atoms with E-state index in [9.17, 15) is 4.39 Å². The molecule has 0 unspecified atom stereocenters. The number of hydrogen-bond acceptors (Lipinski definition) is 3. The molecule has 0 saturated carbocycles. The van der Waals surface area contributed by atoms with Crippen molar-refractivity contribution in [3.8, 4) is 0 Å². The van der Waals surface area contributed by atoms with Crippen LogP contribution in [-0.2, 0) is 11.2 Å². The van der Waals surface area contributed by atoms with Crippen LogP contribution < -0.4 is 5.32 Å². The normalized spacial score (nSPS) is 24.3. The summed E-state index contributed by atoms with van der Waals surface area (Å²) in [7, 11) is 4.33. The Morgan fingerprint density at radius 2 is 2.09 bits per heavy atom. The Bertz CT molecular complexity index is 512. The van der Waals surface area contributed by atoms with E-state index < -0.39 is 0 Å². The zero-order valence-corrected chi connectivity index (χ0v) is 13.7. The number of halogens is 1. The van der Waals surface area contributed by atoms with E-state index in [1.54, 1.807) is 12.1 Å². The molecule has 1 heterocycles. The van der Waals surface area contributed by atoms with Crippen molar-refractivity contribution in [3.63, 3.8) is 0 Å². The molecule has 122 valence electrons. The van der Waals surface area contributed by atoms with Gasteiger partial charge in [-0.3, -0.25) is 0 Å². The highest BCUT2D eigenvalue weighted by Crippen LogP contribution is 2.32. The van der Waals surface area contributed by atoms with Gasteiger partial charge in [-0.15, -0.1) is 0 Å². The third-order valence-corrected chi connectivity index (χ3v) is 5.47. The van der Waals surface area contributed by atoms with Crippen LogP contribution in [0.4, 0.5) is 4.39 Å². The predicted octanol–water partition coefficient (Wildman–Crippen LogP) is 2.90. The summed E-state index contributed by atoms with van der Waals surface area (Å²) in [6.07, 6.45) is 5.40.